The molecule has 3 rings (SSSR count). The predicted molar refractivity (Wildman–Crippen MR) is 94.2 cm³/mol. The van der Waals surface area contributed by atoms with Crippen LogP contribution in [-0.2, 0) is 18.3 Å². The van der Waals surface area contributed by atoms with E-state index in [0.29, 0.717) is 5.92 Å². The smallest absolute Gasteiger partial charge is 0.0178 e. The fourth-order valence-corrected chi connectivity index (χ4v) is 3.67. The minimum absolute atomic E-state index is 0.0357. The van der Waals surface area contributed by atoms with Crippen molar-refractivity contribution in [1.29, 1.82) is 0 Å². The molecule has 0 fully saturated rings. The van der Waals surface area contributed by atoms with Gasteiger partial charge in [0.15, 0.2) is 0 Å². The lowest BCUT2D eigenvalue weighted by Gasteiger charge is -2.32. The summed E-state index contributed by atoms with van der Waals surface area (Å²) in [7, 11) is 0. The molecule has 0 bridgehead atoms. The van der Waals surface area contributed by atoms with Crippen LogP contribution in [0.15, 0.2) is 40.9 Å². The summed E-state index contributed by atoms with van der Waals surface area (Å²) in [6, 6.07) is 13.8. The predicted octanol–water partition coefficient (Wildman–Crippen LogP) is 6.00. The molecule has 0 aliphatic heterocycles. The lowest BCUT2D eigenvalue weighted by Crippen LogP contribution is -2.23. The third kappa shape index (κ3) is 2.57. The van der Waals surface area contributed by atoms with Crippen LogP contribution in [0.25, 0.3) is 0 Å². The summed E-state index contributed by atoms with van der Waals surface area (Å²) < 4.78 is 1.17. The van der Waals surface area contributed by atoms with Gasteiger partial charge in [0.1, 0.15) is 0 Å². The molecule has 0 heterocycles. The van der Waals surface area contributed by atoms with Crippen molar-refractivity contribution in [3.8, 4) is 0 Å². The van der Waals surface area contributed by atoms with Crippen LogP contribution in [0.2, 0.25) is 0 Å². The average molecular weight is 343 g/mol. The summed E-state index contributed by atoms with van der Waals surface area (Å²) >= 11 is 3.65. The highest BCUT2D eigenvalue weighted by atomic mass is 79.9. The molecule has 0 saturated carbocycles. The van der Waals surface area contributed by atoms with Crippen molar-refractivity contribution in [2.45, 2.75) is 51.9 Å². The van der Waals surface area contributed by atoms with Crippen molar-refractivity contribution < 1.29 is 0 Å². The maximum absolute atomic E-state index is 3.65. The van der Waals surface area contributed by atoms with E-state index in [1.807, 2.05) is 0 Å². The number of hydrogen-bond donors (Lipinski definition) is 0. The zero-order valence-corrected chi connectivity index (χ0v) is 14.9. The van der Waals surface area contributed by atoms with Crippen LogP contribution in [0.4, 0.5) is 0 Å². The fourth-order valence-electron chi connectivity index (χ4n) is 3.31. The number of rotatable bonds is 3. The first-order valence-corrected chi connectivity index (χ1v) is 8.61. The van der Waals surface area contributed by atoms with E-state index in [-0.39, 0.29) is 5.41 Å². The number of hydrogen-bond acceptors (Lipinski definition) is 0. The van der Waals surface area contributed by atoms with E-state index in [4.69, 9.17) is 0 Å². The van der Waals surface area contributed by atoms with Crippen LogP contribution in [0.5, 0.6) is 0 Å². The summed E-state index contributed by atoms with van der Waals surface area (Å²) in [6.45, 7) is 9.25. The molecular weight excluding hydrogens is 320 g/mol. The molecule has 0 unspecified atom stereocenters. The Kier molecular flexibility index (Phi) is 3.73. The van der Waals surface area contributed by atoms with Gasteiger partial charge in [-0.05, 0) is 58.7 Å². The maximum Gasteiger partial charge on any atom is 0.0178 e. The summed E-state index contributed by atoms with van der Waals surface area (Å²) in [5.74, 6) is 0.541. The van der Waals surface area contributed by atoms with Gasteiger partial charge in [-0.3, -0.25) is 0 Å². The third-order valence-electron chi connectivity index (χ3n) is 4.90. The van der Waals surface area contributed by atoms with Gasteiger partial charge in [0.05, 0.1) is 0 Å². The molecule has 2 aromatic rings. The third-order valence-corrected chi connectivity index (χ3v) is 5.40. The first-order chi connectivity index (χ1) is 9.89. The molecule has 1 heteroatoms. The highest BCUT2D eigenvalue weighted by molar-refractivity contribution is 9.10. The van der Waals surface area contributed by atoms with Gasteiger partial charge in [0, 0.05) is 9.89 Å². The summed E-state index contributed by atoms with van der Waals surface area (Å²) in [5.41, 5.74) is 7.43. The highest BCUT2D eigenvalue weighted by Crippen LogP contribution is 2.39. The van der Waals surface area contributed by atoms with E-state index in [1.165, 1.54) is 39.6 Å². The van der Waals surface area contributed by atoms with Gasteiger partial charge in [-0.2, -0.15) is 0 Å². The fraction of sp³-hybridized carbons (Fsp3) is 0.400. The second-order valence-electron chi connectivity index (χ2n) is 6.99. The van der Waals surface area contributed by atoms with E-state index in [1.54, 1.807) is 5.56 Å². The largest absolute Gasteiger partial charge is 0.0587 e. The SMILES string of the molecule is CC(C)c1ccc(Br)cc1C(C)(C)c1ccc2c(c1)CC2. The average Bonchev–Trinajstić information content (AvgIpc) is 2.39. The molecule has 21 heavy (non-hydrogen) atoms. The van der Waals surface area contributed by atoms with Gasteiger partial charge < -0.3 is 0 Å². The van der Waals surface area contributed by atoms with Crippen molar-refractivity contribution in [3.05, 3.63) is 68.7 Å². The quantitative estimate of drug-likeness (QED) is 0.641. The maximum atomic E-state index is 3.65. The van der Waals surface area contributed by atoms with Crippen molar-refractivity contribution in [1.82, 2.24) is 0 Å². The number of aryl methyl sites for hydroxylation is 2. The molecule has 1 aliphatic rings. The van der Waals surface area contributed by atoms with E-state index in [2.05, 4.69) is 80.0 Å². The zero-order chi connectivity index (χ0) is 15.2. The van der Waals surface area contributed by atoms with E-state index < -0.39 is 0 Å². The Balaban J connectivity index is 2.12. The van der Waals surface area contributed by atoms with Gasteiger partial charge in [0.25, 0.3) is 0 Å². The Morgan fingerprint density at radius 2 is 1.67 bits per heavy atom. The molecule has 0 atom stereocenters. The molecule has 0 aromatic heterocycles. The van der Waals surface area contributed by atoms with Gasteiger partial charge in [-0.15, -0.1) is 0 Å². The van der Waals surface area contributed by atoms with E-state index in [0.717, 1.165) is 0 Å². The Labute approximate surface area is 136 Å². The summed E-state index contributed by atoms with van der Waals surface area (Å²) in [4.78, 5) is 0. The molecule has 0 radical (unpaired) electrons. The summed E-state index contributed by atoms with van der Waals surface area (Å²) in [6.07, 6.45) is 2.50. The number of benzene rings is 2. The van der Waals surface area contributed by atoms with E-state index in [9.17, 15) is 0 Å². The van der Waals surface area contributed by atoms with Crippen molar-refractivity contribution in [3.63, 3.8) is 0 Å². The molecular formula is C20H23Br. The first-order valence-electron chi connectivity index (χ1n) is 7.82. The number of fused-ring (bicyclic) bond motifs is 1. The van der Waals surface area contributed by atoms with Crippen LogP contribution < -0.4 is 0 Å². The zero-order valence-electron chi connectivity index (χ0n) is 13.3. The molecule has 2 aromatic carbocycles. The molecule has 0 N–H and O–H groups in total. The van der Waals surface area contributed by atoms with E-state index >= 15 is 0 Å². The monoisotopic (exact) mass is 342 g/mol. The normalized spacial score (nSPS) is 14.0. The Hall–Kier alpha value is -1.08. The van der Waals surface area contributed by atoms with Crippen LogP contribution in [0.1, 0.15) is 61.4 Å². The minimum Gasteiger partial charge on any atom is -0.0587 e. The van der Waals surface area contributed by atoms with Gasteiger partial charge in [-0.25, -0.2) is 0 Å². The second-order valence-corrected chi connectivity index (χ2v) is 7.91. The van der Waals surface area contributed by atoms with Crippen LogP contribution in [-0.4, -0.2) is 0 Å². The lowest BCUT2D eigenvalue weighted by atomic mass is 9.72. The molecule has 0 amide bonds. The van der Waals surface area contributed by atoms with Gasteiger partial charge >= 0.3 is 0 Å². The first kappa shape index (κ1) is 14.8. The standard InChI is InChI=1S/C20H23Br/c1-13(2)18-10-9-17(21)12-19(18)20(3,4)16-8-7-14-5-6-15(14)11-16/h7-13H,5-6H2,1-4H3. The van der Waals surface area contributed by atoms with Crippen molar-refractivity contribution >= 4 is 15.9 Å². The van der Waals surface area contributed by atoms with Crippen LogP contribution >= 0.6 is 15.9 Å². The Morgan fingerprint density at radius 3 is 2.24 bits per heavy atom. The topological polar surface area (TPSA) is 0 Å². The Bertz CT molecular complexity index is 680. The molecule has 1 aliphatic carbocycles. The van der Waals surface area contributed by atoms with Gasteiger partial charge in [-0.1, -0.05) is 67.9 Å². The van der Waals surface area contributed by atoms with Gasteiger partial charge in [0.2, 0.25) is 0 Å². The van der Waals surface area contributed by atoms with Crippen LogP contribution in [0, 0.1) is 0 Å². The molecule has 0 nitrogen and oxygen atoms in total. The number of halogens is 1. The second kappa shape index (κ2) is 5.28. The molecule has 0 spiro atoms. The van der Waals surface area contributed by atoms with Crippen LogP contribution in [0.3, 0.4) is 0 Å². The highest BCUT2D eigenvalue weighted by Gasteiger charge is 2.28. The van der Waals surface area contributed by atoms with Crippen molar-refractivity contribution in [2.24, 2.45) is 0 Å². The molecule has 110 valence electrons. The minimum atomic E-state index is 0.0357. The molecule has 0 saturated heterocycles. The van der Waals surface area contributed by atoms with Crippen molar-refractivity contribution in [2.75, 3.05) is 0 Å². The Morgan fingerprint density at radius 1 is 0.952 bits per heavy atom. The lowest BCUT2D eigenvalue weighted by molar-refractivity contribution is 0.619. The summed E-state index contributed by atoms with van der Waals surface area (Å²) in [5, 5.41) is 0.